The van der Waals surface area contributed by atoms with Gasteiger partial charge in [-0.3, -0.25) is 4.79 Å². The number of nitrogens with two attached hydrogens (primary N) is 1. The van der Waals surface area contributed by atoms with Crippen molar-refractivity contribution in [2.24, 2.45) is 5.73 Å². The summed E-state index contributed by atoms with van der Waals surface area (Å²) in [6.07, 6.45) is 0.377. The van der Waals surface area contributed by atoms with Crippen LogP contribution < -0.4 is 5.73 Å². The van der Waals surface area contributed by atoms with Gasteiger partial charge < -0.3 is 10.5 Å². The molecule has 0 saturated carbocycles. The van der Waals surface area contributed by atoms with Crippen molar-refractivity contribution in [3.8, 4) is 6.07 Å². The fourth-order valence-electron chi connectivity index (χ4n) is 1.26. The zero-order valence-corrected chi connectivity index (χ0v) is 8.43. The summed E-state index contributed by atoms with van der Waals surface area (Å²) in [5.41, 5.74) is 7.01. The highest BCUT2D eigenvalue weighted by Crippen LogP contribution is 2.06. The van der Waals surface area contributed by atoms with Crippen LogP contribution in [0.1, 0.15) is 11.1 Å². The molecule has 0 radical (unpaired) electrons. The van der Waals surface area contributed by atoms with Crippen molar-refractivity contribution in [2.75, 3.05) is 7.11 Å². The molecule has 78 valence electrons. The standard InChI is InChI=1S/C11H12N2O2/c1-15-11(14)10(13)6-8-3-2-4-9(5-8)7-12/h2-5,10H,6,13H2,1H3. The van der Waals surface area contributed by atoms with Crippen LogP contribution in [0.15, 0.2) is 24.3 Å². The maximum Gasteiger partial charge on any atom is 0.322 e. The van der Waals surface area contributed by atoms with Crippen LogP contribution in [0.25, 0.3) is 0 Å². The van der Waals surface area contributed by atoms with Crippen LogP contribution >= 0.6 is 0 Å². The van der Waals surface area contributed by atoms with E-state index in [0.29, 0.717) is 12.0 Å². The van der Waals surface area contributed by atoms with E-state index >= 15 is 0 Å². The molecule has 1 aromatic carbocycles. The van der Waals surface area contributed by atoms with Crippen LogP contribution in [0, 0.1) is 11.3 Å². The van der Waals surface area contributed by atoms with Gasteiger partial charge in [-0.2, -0.15) is 5.26 Å². The normalized spacial score (nSPS) is 11.5. The van der Waals surface area contributed by atoms with E-state index in [1.54, 1.807) is 18.2 Å². The minimum absolute atomic E-state index is 0.377. The lowest BCUT2D eigenvalue weighted by atomic mass is 10.0. The van der Waals surface area contributed by atoms with Gasteiger partial charge in [0.1, 0.15) is 6.04 Å². The van der Waals surface area contributed by atoms with Crippen LogP contribution in [-0.4, -0.2) is 19.1 Å². The molecule has 1 unspecified atom stereocenters. The van der Waals surface area contributed by atoms with E-state index in [-0.39, 0.29) is 0 Å². The van der Waals surface area contributed by atoms with Crippen molar-refractivity contribution in [1.29, 1.82) is 5.26 Å². The Hall–Kier alpha value is -1.86. The summed E-state index contributed by atoms with van der Waals surface area (Å²) >= 11 is 0. The lowest BCUT2D eigenvalue weighted by Gasteiger charge is -2.08. The number of nitrogens with zero attached hydrogens (tertiary/aromatic N) is 1. The summed E-state index contributed by atoms with van der Waals surface area (Å²) in [7, 11) is 1.30. The van der Waals surface area contributed by atoms with Gasteiger partial charge >= 0.3 is 5.97 Å². The molecule has 4 nitrogen and oxygen atoms in total. The third-order valence-electron chi connectivity index (χ3n) is 2.02. The Morgan fingerprint density at radius 2 is 2.40 bits per heavy atom. The average molecular weight is 204 g/mol. The maximum atomic E-state index is 11.1. The van der Waals surface area contributed by atoms with Crippen LogP contribution in [0.4, 0.5) is 0 Å². The summed E-state index contributed by atoms with van der Waals surface area (Å²) in [4.78, 5) is 11.1. The van der Waals surface area contributed by atoms with Crippen molar-refractivity contribution in [1.82, 2.24) is 0 Å². The van der Waals surface area contributed by atoms with Crippen molar-refractivity contribution < 1.29 is 9.53 Å². The zero-order valence-electron chi connectivity index (χ0n) is 8.43. The highest BCUT2D eigenvalue weighted by atomic mass is 16.5. The Morgan fingerprint density at radius 3 is 3.00 bits per heavy atom. The number of carbonyl (C=O) groups is 1. The fraction of sp³-hybridized carbons (Fsp3) is 0.273. The Labute approximate surface area is 88.3 Å². The molecule has 0 bridgehead atoms. The van der Waals surface area contributed by atoms with Gasteiger partial charge in [-0.05, 0) is 24.1 Å². The molecule has 15 heavy (non-hydrogen) atoms. The molecule has 0 aliphatic heterocycles. The maximum absolute atomic E-state index is 11.1. The van der Waals surface area contributed by atoms with Gasteiger partial charge in [0.15, 0.2) is 0 Å². The lowest BCUT2D eigenvalue weighted by molar-refractivity contribution is -0.142. The van der Waals surface area contributed by atoms with Crippen molar-refractivity contribution in [2.45, 2.75) is 12.5 Å². The van der Waals surface area contributed by atoms with Gasteiger partial charge in [0.05, 0.1) is 18.7 Å². The molecule has 0 aromatic heterocycles. The van der Waals surface area contributed by atoms with E-state index in [0.717, 1.165) is 5.56 Å². The Balaban J connectivity index is 2.73. The Bertz CT molecular complexity index is 396. The number of benzene rings is 1. The quantitative estimate of drug-likeness (QED) is 0.731. The molecule has 0 fully saturated rings. The van der Waals surface area contributed by atoms with Crippen LogP contribution in [-0.2, 0) is 16.0 Å². The number of rotatable bonds is 3. The summed E-state index contributed by atoms with van der Waals surface area (Å²) in [6, 6.07) is 8.35. The number of ether oxygens (including phenoxy) is 1. The van der Waals surface area contributed by atoms with Crippen LogP contribution in [0.5, 0.6) is 0 Å². The molecule has 0 spiro atoms. The van der Waals surface area contributed by atoms with Gasteiger partial charge in [0, 0.05) is 0 Å². The van der Waals surface area contributed by atoms with Gasteiger partial charge in [-0.25, -0.2) is 0 Å². The Morgan fingerprint density at radius 1 is 1.67 bits per heavy atom. The largest absolute Gasteiger partial charge is 0.468 e. The molecule has 1 aromatic rings. The SMILES string of the molecule is COC(=O)C(N)Cc1cccc(C#N)c1. The van der Waals surface area contributed by atoms with E-state index in [4.69, 9.17) is 11.0 Å². The highest BCUT2D eigenvalue weighted by molar-refractivity contribution is 5.75. The summed E-state index contributed by atoms with van der Waals surface area (Å²) in [6.45, 7) is 0. The number of esters is 1. The molecule has 0 aliphatic rings. The minimum Gasteiger partial charge on any atom is -0.468 e. The second kappa shape index (κ2) is 5.13. The second-order valence-corrected chi connectivity index (χ2v) is 3.15. The monoisotopic (exact) mass is 204 g/mol. The predicted octanol–water partition coefficient (Wildman–Crippen LogP) is 0.601. The topological polar surface area (TPSA) is 76.1 Å². The van der Waals surface area contributed by atoms with Crippen LogP contribution in [0.3, 0.4) is 0 Å². The average Bonchev–Trinajstić information content (AvgIpc) is 2.28. The molecule has 4 heteroatoms. The summed E-state index contributed by atoms with van der Waals surface area (Å²) in [5.74, 6) is -0.447. The van der Waals surface area contributed by atoms with E-state index in [2.05, 4.69) is 4.74 Å². The van der Waals surface area contributed by atoms with Gasteiger partial charge in [0.2, 0.25) is 0 Å². The molecular formula is C11H12N2O2. The molecule has 0 heterocycles. The first kappa shape index (κ1) is 11.2. The van der Waals surface area contributed by atoms with Gasteiger partial charge in [-0.1, -0.05) is 12.1 Å². The molecule has 0 amide bonds. The van der Waals surface area contributed by atoms with Crippen LogP contribution in [0.2, 0.25) is 0 Å². The van der Waals surface area contributed by atoms with Gasteiger partial charge in [0.25, 0.3) is 0 Å². The molecule has 1 atom stereocenters. The summed E-state index contributed by atoms with van der Waals surface area (Å²) in [5, 5.41) is 8.68. The molecule has 0 saturated heterocycles. The minimum atomic E-state index is -0.677. The molecular weight excluding hydrogens is 192 g/mol. The predicted molar refractivity (Wildman–Crippen MR) is 54.9 cm³/mol. The molecule has 2 N–H and O–H groups in total. The van der Waals surface area contributed by atoms with E-state index in [1.807, 2.05) is 12.1 Å². The lowest BCUT2D eigenvalue weighted by Crippen LogP contribution is -2.33. The second-order valence-electron chi connectivity index (χ2n) is 3.15. The van der Waals surface area contributed by atoms with Crippen molar-refractivity contribution >= 4 is 5.97 Å². The first-order valence-corrected chi connectivity index (χ1v) is 4.50. The number of carbonyl (C=O) groups excluding carboxylic acids is 1. The first-order chi connectivity index (χ1) is 7.17. The third kappa shape index (κ3) is 3.08. The Kier molecular flexibility index (Phi) is 3.83. The first-order valence-electron chi connectivity index (χ1n) is 4.50. The molecule has 0 aliphatic carbocycles. The van der Waals surface area contributed by atoms with Crippen molar-refractivity contribution in [3.63, 3.8) is 0 Å². The number of hydrogen-bond donors (Lipinski definition) is 1. The fourth-order valence-corrected chi connectivity index (χ4v) is 1.26. The van der Waals surface area contributed by atoms with Gasteiger partial charge in [-0.15, -0.1) is 0 Å². The third-order valence-corrected chi connectivity index (χ3v) is 2.02. The number of nitriles is 1. The van der Waals surface area contributed by atoms with E-state index in [1.165, 1.54) is 7.11 Å². The smallest absolute Gasteiger partial charge is 0.322 e. The number of hydrogen-bond acceptors (Lipinski definition) is 4. The summed E-state index contributed by atoms with van der Waals surface area (Å²) < 4.78 is 4.51. The van der Waals surface area contributed by atoms with E-state index in [9.17, 15) is 4.79 Å². The van der Waals surface area contributed by atoms with E-state index < -0.39 is 12.0 Å². The zero-order chi connectivity index (χ0) is 11.3. The van der Waals surface area contributed by atoms with Crippen molar-refractivity contribution in [3.05, 3.63) is 35.4 Å². The highest BCUT2D eigenvalue weighted by Gasteiger charge is 2.13. The number of methoxy groups -OCH3 is 1. The molecule has 1 rings (SSSR count).